The molecule has 0 radical (unpaired) electrons. The quantitative estimate of drug-likeness (QED) is 0.732. The molecule has 126 valence electrons. The van der Waals surface area contributed by atoms with Crippen molar-refractivity contribution >= 4 is 11.8 Å². The number of amides is 2. The Morgan fingerprint density at radius 2 is 1.96 bits per heavy atom. The molecule has 0 aromatic heterocycles. The van der Waals surface area contributed by atoms with Crippen LogP contribution in [0.3, 0.4) is 0 Å². The van der Waals surface area contributed by atoms with Crippen molar-refractivity contribution in [3.05, 3.63) is 35.6 Å². The molecular formula is C17H24FN3O2. The maximum Gasteiger partial charge on any atom is 0.239 e. The van der Waals surface area contributed by atoms with Gasteiger partial charge in [0.1, 0.15) is 5.82 Å². The van der Waals surface area contributed by atoms with E-state index < -0.39 is 0 Å². The van der Waals surface area contributed by atoms with E-state index in [1.54, 1.807) is 12.1 Å². The van der Waals surface area contributed by atoms with Crippen LogP contribution in [0.25, 0.3) is 0 Å². The number of hydrogen-bond donors (Lipinski definition) is 3. The van der Waals surface area contributed by atoms with Gasteiger partial charge in [-0.3, -0.25) is 9.59 Å². The van der Waals surface area contributed by atoms with Gasteiger partial charge in [0, 0.05) is 6.54 Å². The highest BCUT2D eigenvalue weighted by Crippen LogP contribution is 2.26. The van der Waals surface area contributed by atoms with E-state index in [1.807, 2.05) is 0 Å². The molecule has 1 saturated heterocycles. The lowest BCUT2D eigenvalue weighted by Crippen LogP contribution is -2.45. The molecule has 1 aromatic carbocycles. The molecule has 2 rings (SSSR count). The predicted octanol–water partition coefficient (Wildman–Crippen LogP) is 0.990. The monoisotopic (exact) mass is 321 g/mol. The fraction of sp³-hybridized carbons (Fsp3) is 0.529. The molecule has 1 heterocycles. The number of benzene rings is 1. The Kier molecular flexibility index (Phi) is 6.10. The highest BCUT2D eigenvalue weighted by Gasteiger charge is 2.26. The Hall–Kier alpha value is -1.95. The summed E-state index contributed by atoms with van der Waals surface area (Å²) in [4.78, 5) is 23.6. The Morgan fingerprint density at radius 3 is 2.65 bits per heavy atom. The van der Waals surface area contributed by atoms with E-state index in [-0.39, 0.29) is 36.0 Å². The third kappa shape index (κ3) is 5.98. The summed E-state index contributed by atoms with van der Waals surface area (Å²) >= 11 is 0. The average Bonchev–Trinajstić information content (AvgIpc) is 2.52. The minimum atomic E-state index is -0.372. The number of rotatable bonds is 6. The second-order valence-electron chi connectivity index (χ2n) is 6.42. The fourth-order valence-corrected chi connectivity index (χ4v) is 2.66. The maximum atomic E-state index is 13.0. The number of piperidine rings is 1. The zero-order chi connectivity index (χ0) is 16.7. The van der Waals surface area contributed by atoms with E-state index in [0.29, 0.717) is 12.1 Å². The highest BCUT2D eigenvalue weighted by molar-refractivity contribution is 5.85. The van der Waals surface area contributed by atoms with E-state index in [9.17, 15) is 14.0 Å². The van der Waals surface area contributed by atoms with Crippen molar-refractivity contribution in [3.8, 4) is 0 Å². The predicted molar refractivity (Wildman–Crippen MR) is 86.3 cm³/mol. The first-order valence-electron chi connectivity index (χ1n) is 7.95. The van der Waals surface area contributed by atoms with Crippen LogP contribution in [0.1, 0.15) is 25.3 Å². The van der Waals surface area contributed by atoms with Crippen LogP contribution in [-0.2, 0) is 16.0 Å². The lowest BCUT2D eigenvalue weighted by Gasteiger charge is -2.34. The number of carbonyl (C=O) groups excluding carboxylic acids is 2. The van der Waals surface area contributed by atoms with Gasteiger partial charge in [-0.15, -0.1) is 0 Å². The van der Waals surface area contributed by atoms with Crippen LogP contribution in [0.4, 0.5) is 4.39 Å². The van der Waals surface area contributed by atoms with Gasteiger partial charge in [0.15, 0.2) is 0 Å². The summed E-state index contributed by atoms with van der Waals surface area (Å²) in [5.41, 5.74) is 0.706. The van der Waals surface area contributed by atoms with E-state index in [2.05, 4.69) is 22.9 Å². The van der Waals surface area contributed by atoms with Crippen LogP contribution in [0.2, 0.25) is 0 Å². The van der Waals surface area contributed by atoms with Crippen molar-refractivity contribution in [2.24, 2.45) is 5.41 Å². The fourth-order valence-electron chi connectivity index (χ4n) is 2.66. The van der Waals surface area contributed by atoms with Gasteiger partial charge < -0.3 is 16.0 Å². The molecule has 0 spiro atoms. The van der Waals surface area contributed by atoms with E-state index >= 15 is 0 Å². The van der Waals surface area contributed by atoms with Crippen LogP contribution in [-0.4, -0.2) is 38.0 Å². The summed E-state index contributed by atoms with van der Waals surface area (Å²) < 4.78 is 13.0. The number of hydrogen-bond acceptors (Lipinski definition) is 3. The number of carbonyl (C=O) groups is 2. The van der Waals surface area contributed by atoms with Crippen molar-refractivity contribution in [1.29, 1.82) is 0 Å². The smallest absolute Gasteiger partial charge is 0.239 e. The standard InChI is InChI=1S/C17H24FN3O2/c1-17(5-7-19-8-6-17)12-21-16(23)11-20-15(22)10-13-3-2-4-14(18)9-13/h2-4,9,19H,5-8,10-12H2,1H3,(H,20,22)(H,21,23). The molecule has 3 N–H and O–H groups in total. The van der Waals surface area contributed by atoms with Gasteiger partial charge in [-0.05, 0) is 49.0 Å². The van der Waals surface area contributed by atoms with Gasteiger partial charge in [0.05, 0.1) is 13.0 Å². The average molecular weight is 321 g/mol. The Morgan fingerprint density at radius 1 is 1.22 bits per heavy atom. The van der Waals surface area contributed by atoms with Gasteiger partial charge in [-0.2, -0.15) is 0 Å². The number of nitrogens with one attached hydrogen (secondary N) is 3. The second-order valence-corrected chi connectivity index (χ2v) is 6.42. The molecule has 6 heteroatoms. The van der Waals surface area contributed by atoms with Crippen LogP contribution in [0.5, 0.6) is 0 Å². The van der Waals surface area contributed by atoms with Gasteiger partial charge >= 0.3 is 0 Å². The summed E-state index contributed by atoms with van der Waals surface area (Å²) in [5, 5.41) is 8.74. The molecule has 0 atom stereocenters. The van der Waals surface area contributed by atoms with Crippen molar-refractivity contribution in [1.82, 2.24) is 16.0 Å². The SMILES string of the molecule is CC1(CNC(=O)CNC(=O)Cc2cccc(F)c2)CCNCC1. The van der Waals surface area contributed by atoms with Crippen molar-refractivity contribution in [3.63, 3.8) is 0 Å². The van der Waals surface area contributed by atoms with Gasteiger partial charge in [-0.1, -0.05) is 19.1 Å². The molecule has 5 nitrogen and oxygen atoms in total. The van der Waals surface area contributed by atoms with Crippen LogP contribution in [0.15, 0.2) is 24.3 Å². The van der Waals surface area contributed by atoms with Gasteiger partial charge in [0.2, 0.25) is 11.8 Å². The second kappa shape index (κ2) is 8.06. The van der Waals surface area contributed by atoms with Crippen molar-refractivity contribution in [2.45, 2.75) is 26.2 Å². The molecule has 1 fully saturated rings. The lowest BCUT2D eigenvalue weighted by atomic mass is 9.81. The van der Waals surface area contributed by atoms with Crippen molar-refractivity contribution < 1.29 is 14.0 Å². The zero-order valence-corrected chi connectivity index (χ0v) is 13.5. The minimum Gasteiger partial charge on any atom is -0.354 e. The Bertz CT molecular complexity index is 557. The third-order valence-electron chi connectivity index (χ3n) is 4.22. The molecule has 1 aromatic rings. The van der Waals surface area contributed by atoms with Gasteiger partial charge in [0.25, 0.3) is 0 Å². The van der Waals surface area contributed by atoms with E-state index in [0.717, 1.165) is 25.9 Å². The van der Waals surface area contributed by atoms with Gasteiger partial charge in [-0.25, -0.2) is 4.39 Å². The first-order chi connectivity index (χ1) is 11.0. The molecule has 2 amide bonds. The van der Waals surface area contributed by atoms with Crippen LogP contribution >= 0.6 is 0 Å². The topological polar surface area (TPSA) is 70.2 Å². The molecule has 0 saturated carbocycles. The van der Waals surface area contributed by atoms with Crippen molar-refractivity contribution in [2.75, 3.05) is 26.2 Å². The minimum absolute atomic E-state index is 0.0531. The summed E-state index contributed by atoms with van der Waals surface area (Å²) in [5.74, 6) is -0.862. The number of halogens is 1. The van der Waals surface area contributed by atoms with Crippen LogP contribution < -0.4 is 16.0 Å². The van der Waals surface area contributed by atoms with E-state index in [1.165, 1.54) is 12.1 Å². The third-order valence-corrected chi connectivity index (χ3v) is 4.22. The highest BCUT2D eigenvalue weighted by atomic mass is 19.1. The molecular weight excluding hydrogens is 297 g/mol. The zero-order valence-electron chi connectivity index (χ0n) is 13.5. The Balaban J connectivity index is 1.68. The normalized spacial score (nSPS) is 16.6. The summed E-state index contributed by atoms with van der Waals surface area (Å²) in [6, 6.07) is 5.89. The van der Waals surface area contributed by atoms with E-state index in [4.69, 9.17) is 0 Å². The first-order valence-corrected chi connectivity index (χ1v) is 7.95. The summed E-state index contributed by atoms with van der Waals surface area (Å²) in [7, 11) is 0. The lowest BCUT2D eigenvalue weighted by molar-refractivity contribution is -0.126. The molecule has 1 aliphatic rings. The molecule has 0 unspecified atom stereocenters. The maximum absolute atomic E-state index is 13.0. The van der Waals surface area contributed by atoms with Crippen LogP contribution in [0, 0.1) is 11.2 Å². The molecule has 0 aliphatic carbocycles. The molecule has 1 aliphatic heterocycles. The summed E-state index contributed by atoms with van der Waals surface area (Å²) in [6.45, 7) is 4.67. The first kappa shape index (κ1) is 17.4. The largest absolute Gasteiger partial charge is 0.354 e. The summed E-state index contributed by atoms with van der Waals surface area (Å²) in [6.07, 6.45) is 2.12. The molecule has 0 bridgehead atoms. The molecule has 23 heavy (non-hydrogen) atoms. The Labute approximate surface area is 136 Å².